The van der Waals surface area contributed by atoms with Crippen LogP contribution in [0.25, 0.3) is 11.1 Å². The zero-order chi connectivity index (χ0) is 27.7. The van der Waals surface area contributed by atoms with Gasteiger partial charge in [-0.05, 0) is 66.1 Å². The molecule has 6 heteroatoms. The molecular formula is C33H38F4O2. The van der Waals surface area contributed by atoms with Gasteiger partial charge in [-0.15, -0.1) is 0 Å². The summed E-state index contributed by atoms with van der Waals surface area (Å²) in [5.74, 6) is 1.61. The van der Waals surface area contributed by atoms with Gasteiger partial charge in [0.1, 0.15) is 11.5 Å². The number of aryl methyl sites for hydroxylation is 1. The summed E-state index contributed by atoms with van der Waals surface area (Å²) in [4.78, 5) is 0. The van der Waals surface area contributed by atoms with Crippen LogP contribution >= 0.6 is 0 Å². The van der Waals surface area contributed by atoms with Crippen molar-refractivity contribution in [3.05, 3.63) is 83.9 Å². The topological polar surface area (TPSA) is 18.5 Å². The standard InChI is InChI=1S/C33H38F4O2/c1-2-3-4-7-24-10-12-25(13-11-24)14-15-26-16-20-28(21-17-26)33(36,37)39-31-9-6-5-8-30(31)27-18-22-29(23-19-27)38-32(34)35/h5-6,8-9,16-25,32H,2-4,7,10-15H2,1H3/t24-,25-. The maximum absolute atomic E-state index is 15.2. The second kappa shape index (κ2) is 13.9. The Morgan fingerprint density at radius 3 is 2.08 bits per heavy atom. The van der Waals surface area contributed by atoms with Gasteiger partial charge < -0.3 is 9.47 Å². The minimum atomic E-state index is -3.54. The molecule has 0 aromatic heterocycles. The summed E-state index contributed by atoms with van der Waals surface area (Å²) in [6.07, 6.45) is 8.99. The Labute approximate surface area is 229 Å². The number of para-hydroxylation sites is 1. The van der Waals surface area contributed by atoms with Crippen molar-refractivity contribution in [3.63, 3.8) is 0 Å². The lowest BCUT2D eigenvalue weighted by Crippen LogP contribution is -2.22. The lowest BCUT2D eigenvalue weighted by molar-refractivity contribution is -0.185. The van der Waals surface area contributed by atoms with Gasteiger partial charge in [0, 0.05) is 5.56 Å². The number of ether oxygens (including phenoxy) is 2. The van der Waals surface area contributed by atoms with Crippen molar-refractivity contribution in [1.82, 2.24) is 0 Å². The van der Waals surface area contributed by atoms with Gasteiger partial charge in [0.25, 0.3) is 0 Å². The van der Waals surface area contributed by atoms with Gasteiger partial charge >= 0.3 is 12.7 Å². The summed E-state index contributed by atoms with van der Waals surface area (Å²) in [5.41, 5.74) is 1.83. The third-order valence-electron chi connectivity index (χ3n) is 7.83. The first-order valence-electron chi connectivity index (χ1n) is 14.1. The van der Waals surface area contributed by atoms with Crippen LogP contribution in [0.15, 0.2) is 72.8 Å². The summed E-state index contributed by atoms with van der Waals surface area (Å²) in [6, 6.07) is 18.7. The van der Waals surface area contributed by atoms with E-state index in [0.717, 1.165) is 30.2 Å². The average molecular weight is 543 g/mol. The number of alkyl halides is 4. The monoisotopic (exact) mass is 542 g/mol. The van der Waals surface area contributed by atoms with E-state index >= 15 is 8.78 Å². The first-order chi connectivity index (χ1) is 18.8. The Kier molecular flexibility index (Phi) is 10.3. The van der Waals surface area contributed by atoms with Gasteiger partial charge in [-0.3, -0.25) is 0 Å². The Hall–Kier alpha value is -3.02. The number of hydrogen-bond acceptors (Lipinski definition) is 2. The molecule has 39 heavy (non-hydrogen) atoms. The largest absolute Gasteiger partial charge is 0.435 e. The van der Waals surface area contributed by atoms with Gasteiger partial charge in [0.2, 0.25) is 0 Å². The maximum atomic E-state index is 15.2. The zero-order valence-electron chi connectivity index (χ0n) is 22.6. The molecule has 0 saturated heterocycles. The van der Waals surface area contributed by atoms with Gasteiger partial charge in [-0.1, -0.05) is 101 Å². The van der Waals surface area contributed by atoms with E-state index < -0.39 is 12.7 Å². The average Bonchev–Trinajstić information content (AvgIpc) is 2.93. The molecule has 3 aromatic rings. The summed E-state index contributed by atoms with van der Waals surface area (Å²) >= 11 is 0. The van der Waals surface area contributed by atoms with Crippen LogP contribution < -0.4 is 9.47 Å². The number of halogens is 4. The van der Waals surface area contributed by atoms with Crippen molar-refractivity contribution < 1.29 is 27.0 Å². The minimum Gasteiger partial charge on any atom is -0.435 e. The molecule has 0 amide bonds. The predicted molar refractivity (Wildman–Crippen MR) is 147 cm³/mol. The normalized spacial score (nSPS) is 17.8. The minimum absolute atomic E-state index is 0.000554. The van der Waals surface area contributed by atoms with Crippen LogP contribution in [0.1, 0.15) is 75.8 Å². The molecule has 1 saturated carbocycles. The Morgan fingerprint density at radius 2 is 1.44 bits per heavy atom. The van der Waals surface area contributed by atoms with Crippen LogP contribution in [-0.4, -0.2) is 6.61 Å². The lowest BCUT2D eigenvalue weighted by Gasteiger charge is -2.28. The predicted octanol–water partition coefficient (Wildman–Crippen LogP) is 10.4. The number of hydrogen-bond donors (Lipinski definition) is 0. The quantitative estimate of drug-likeness (QED) is 0.158. The van der Waals surface area contributed by atoms with Crippen LogP contribution in [0.2, 0.25) is 0 Å². The number of rotatable bonds is 13. The second-order valence-electron chi connectivity index (χ2n) is 10.6. The van der Waals surface area contributed by atoms with Crippen LogP contribution in [0.5, 0.6) is 11.5 Å². The van der Waals surface area contributed by atoms with Crippen LogP contribution in [0.3, 0.4) is 0 Å². The lowest BCUT2D eigenvalue weighted by atomic mass is 9.78. The van der Waals surface area contributed by atoms with Crippen LogP contribution in [-0.2, 0) is 12.5 Å². The highest BCUT2D eigenvalue weighted by atomic mass is 19.3. The highest BCUT2D eigenvalue weighted by molar-refractivity contribution is 5.71. The van der Waals surface area contributed by atoms with Crippen molar-refractivity contribution in [1.29, 1.82) is 0 Å². The van der Waals surface area contributed by atoms with Crippen molar-refractivity contribution >= 4 is 0 Å². The summed E-state index contributed by atoms with van der Waals surface area (Å²) in [6.45, 7) is -0.686. The van der Waals surface area contributed by atoms with E-state index in [4.69, 9.17) is 4.74 Å². The number of benzene rings is 3. The molecule has 1 fully saturated rings. The molecule has 2 nitrogen and oxygen atoms in total. The smallest absolute Gasteiger partial charge is 0.426 e. The molecule has 0 N–H and O–H groups in total. The third-order valence-corrected chi connectivity index (χ3v) is 7.83. The van der Waals surface area contributed by atoms with Crippen molar-refractivity contribution in [3.8, 4) is 22.6 Å². The molecule has 4 rings (SSSR count). The second-order valence-corrected chi connectivity index (χ2v) is 10.6. The van der Waals surface area contributed by atoms with E-state index in [2.05, 4.69) is 11.7 Å². The molecule has 1 aliphatic rings. The zero-order valence-corrected chi connectivity index (χ0v) is 22.6. The fraction of sp³-hybridized carbons (Fsp3) is 0.455. The Bertz CT molecular complexity index is 1140. The Morgan fingerprint density at radius 1 is 0.795 bits per heavy atom. The molecule has 0 spiro atoms. The molecule has 0 bridgehead atoms. The van der Waals surface area contributed by atoms with Gasteiger partial charge in [0.05, 0.1) is 5.56 Å². The van der Waals surface area contributed by atoms with E-state index in [0.29, 0.717) is 11.1 Å². The van der Waals surface area contributed by atoms with E-state index in [1.54, 1.807) is 30.3 Å². The molecule has 0 unspecified atom stereocenters. The maximum Gasteiger partial charge on any atom is 0.426 e. The molecular weight excluding hydrogens is 504 g/mol. The fourth-order valence-electron chi connectivity index (χ4n) is 5.54. The summed E-state index contributed by atoms with van der Waals surface area (Å²) in [7, 11) is 0. The van der Waals surface area contributed by atoms with E-state index in [1.807, 2.05) is 0 Å². The van der Waals surface area contributed by atoms with E-state index in [-0.39, 0.29) is 17.1 Å². The highest BCUT2D eigenvalue weighted by Gasteiger charge is 2.35. The SMILES string of the molecule is CCCCC[C@H]1CC[C@H](CCc2ccc(C(F)(F)Oc3ccccc3-c3ccc(OC(F)F)cc3)cc2)CC1. The van der Waals surface area contributed by atoms with Crippen molar-refractivity contribution in [2.24, 2.45) is 11.8 Å². The van der Waals surface area contributed by atoms with Crippen LogP contribution in [0.4, 0.5) is 17.6 Å². The molecule has 0 aliphatic heterocycles. The number of unbranched alkanes of at least 4 members (excludes halogenated alkanes) is 2. The van der Waals surface area contributed by atoms with Crippen molar-refractivity contribution in [2.45, 2.75) is 83.9 Å². The van der Waals surface area contributed by atoms with Crippen LogP contribution in [0, 0.1) is 11.8 Å². The molecule has 0 radical (unpaired) electrons. The first-order valence-corrected chi connectivity index (χ1v) is 14.1. The molecule has 210 valence electrons. The summed E-state index contributed by atoms with van der Waals surface area (Å²) in [5, 5.41) is 0. The van der Waals surface area contributed by atoms with Gasteiger partial charge in [0.15, 0.2) is 0 Å². The Balaban J connectivity index is 1.33. The highest BCUT2D eigenvalue weighted by Crippen LogP contribution is 2.38. The third kappa shape index (κ3) is 8.48. The van der Waals surface area contributed by atoms with Gasteiger partial charge in [-0.2, -0.15) is 17.6 Å². The van der Waals surface area contributed by atoms with Gasteiger partial charge in [-0.25, -0.2) is 0 Å². The first kappa shape index (κ1) is 29.0. The summed E-state index contributed by atoms with van der Waals surface area (Å²) < 4.78 is 64.8. The van der Waals surface area contributed by atoms with E-state index in [9.17, 15) is 8.78 Å². The molecule has 0 heterocycles. The molecule has 3 aromatic carbocycles. The van der Waals surface area contributed by atoms with Crippen molar-refractivity contribution in [2.75, 3.05) is 0 Å². The van der Waals surface area contributed by atoms with E-state index in [1.165, 1.54) is 93.8 Å². The fourth-order valence-corrected chi connectivity index (χ4v) is 5.54. The molecule has 1 aliphatic carbocycles. The molecule has 0 atom stereocenters.